The molecule has 19 heavy (non-hydrogen) atoms. The van der Waals surface area contributed by atoms with Gasteiger partial charge in [0, 0.05) is 6.54 Å². The number of allylic oxidation sites excluding steroid dienone is 1. The van der Waals surface area contributed by atoms with Crippen LogP contribution in [0, 0.1) is 0 Å². The molecule has 0 aromatic carbocycles. The maximum atomic E-state index is 11.8. The van der Waals surface area contributed by atoms with Crippen molar-refractivity contribution in [1.29, 1.82) is 0 Å². The van der Waals surface area contributed by atoms with Crippen LogP contribution in [-0.2, 0) is 4.74 Å². The maximum Gasteiger partial charge on any atom is 0.315 e. The molecule has 0 spiro atoms. The Hall–Kier alpha value is -1.03. The summed E-state index contributed by atoms with van der Waals surface area (Å²) in [6, 6.07) is 0.199. The van der Waals surface area contributed by atoms with Crippen LogP contribution < -0.4 is 10.6 Å². The average Bonchev–Trinajstić information content (AvgIpc) is 3.02. The number of amides is 2. The third-order valence-electron chi connectivity index (χ3n) is 4.54. The Morgan fingerprint density at radius 1 is 1.37 bits per heavy atom. The summed E-state index contributed by atoms with van der Waals surface area (Å²) in [7, 11) is 0. The van der Waals surface area contributed by atoms with Gasteiger partial charge in [0.05, 0.1) is 18.2 Å². The molecule has 106 valence electrons. The van der Waals surface area contributed by atoms with Gasteiger partial charge in [-0.15, -0.1) is 0 Å². The molecule has 4 nitrogen and oxygen atoms in total. The van der Waals surface area contributed by atoms with E-state index in [1.165, 1.54) is 37.7 Å². The van der Waals surface area contributed by atoms with Gasteiger partial charge in [-0.1, -0.05) is 11.6 Å². The zero-order chi connectivity index (χ0) is 13.1. The van der Waals surface area contributed by atoms with E-state index in [-0.39, 0.29) is 18.2 Å². The predicted molar refractivity (Wildman–Crippen MR) is 74.0 cm³/mol. The SMILES string of the molecule is O=C(NCCC1=CCCCC1)N[C@@H]1C[C@H]2CC[C@@H]1O2. The molecule has 3 aliphatic rings. The van der Waals surface area contributed by atoms with Crippen molar-refractivity contribution in [2.24, 2.45) is 0 Å². The quantitative estimate of drug-likeness (QED) is 0.766. The standard InChI is InChI=1S/C15H24N2O2/c18-15(16-9-8-11-4-2-1-3-5-11)17-13-10-12-6-7-14(13)19-12/h4,12-14H,1-3,5-10H2,(H2,16,17,18)/t12-,13-,14+/m1/s1. The van der Waals surface area contributed by atoms with E-state index < -0.39 is 0 Å². The molecule has 0 saturated carbocycles. The second-order valence-electron chi connectivity index (χ2n) is 5.97. The van der Waals surface area contributed by atoms with Gasteiger partial charge in [-0.05, 0) is 51.4 Å². The van der Waals surface area contributed by atoms with E-state index in [0.717, 1.165) is 25.8 Å². The van der Waals surface area contributed by atoms with Crippen molar-refractivity contribution in [3.05, 3.63) is 11.6 Å². The van der Waals surface area contributed by atoms with Crippen LogP contribution in [0.1, 0.15) is 51.4 Å². The Bertz CT molecular complexity index is 367. The number of carbonyl (C=O) groups excluding carboxylic acids is 1. The number of carbonyl (C=O) groups is 1. The van der Waals surface area contributed by atoms with Gasteiger partial charge in [-0.3, -0.25) is 0 Å². The van der Waals surface area contributed by atoms with Crippen molar-refractivity contribution in [1.82, 2.24) is 10.6 Å². The number of rotatable bonds is 4. The smallest absolute Gasteiger partial charge is 0.315 e. The number of hydrogen-bond donors (Lipinski definition) is 2. The minimum Gasteiger partial charge on any atom is -0.373 e. The van der Waals surface area contributed by atoms with Gasteiger partial charge in [0.25, 0.3) is 0 Å². The second-order valence-corrected chi connectivity index (χ2v) is 5.97. The van der Waals surface area contributed by atoms with E-state index in [1.54, 1.807) is 0 Å². The van der Waals surface area contributed by atoms with Crippen LogP contribution in [0.4, 0.5) is 4.79 Å². The molecule has 2 bridgehead atoms. The van der Waals surface area contributed by atoms with Crippen LogP contribution >= 0.6 is 0 Å². The van der Waals surface area contributed by atoms with Gasteiger partial charge < -0.3 is 15.4 Å². The molecule has 1 aliphatic carbocycles. The van der Waals surface area contributed by atoms with Crippen LogP contribution in [0.15, 0.2) is 11.6 Å². The average molecular weight is 264 g/mol. The number of urea groups is 1. The molecule has 0 radical (unpaired) electrons. The molecule has 2 amide bonds. The third kappa shape index (κ3) is 3.30. The molecule has 2 aliphatic heterocycles. The van der Waals surface area contributed by atoms with Gasteiger partial charge in [-0.2, -0.15) is 0 Å². The summed E-state index contributed by atoms with van der Waals surface area (Å²) in [5, 5.41) is 6.02. The molecule has 4 heteroatoms. The van der Waals surface area contributed by atoms with Crippen LogP contribution in [0.3, 0.4) is 0 Å². The number of nitrogens with one attached hydrogen (secondary N) is 2. The summed E-state index contributed by atoms with van der Waals surface area (Å²) >= 11 is 0. The van der Waals surface area contributed by atoms with Crippen LogP contribution in [0.5, 0.6) is 0 Å². The van der Waals surface area contributed by atoms with E-state index in [9.17, 15) is 4.79 Å². The first kappa shape index (κ1) is 13.0. The van der Waals surface area contributed by atoms with Crippen molar-refractivity contribution in [2.75, 3.05) is 6.54 Å². The third-order valence-corrected chi connectivity index (χ3v) is 4.54. The van der Waals surface area contributed by atoms with Crippen LogP contribution in [0.25, 0.3) is 0 Å². The van der Waals surface area contributed by atoms with E-state index in [0.29, 0.717) is 6.10 Å². The number of ether oxygens (including phenoxy) is 1. The van der Waals surface area contributed by atoms with E-state index in [4.69, 9.17) is 4.74 Å². The van der Waals surface area contributed by atoms with Crippen molar-refractivity contribution in [3.8, 4) is 0 Å². The fourth-order valence-corrected chi connectivity index (χ4v) is 3.48. The molecule has 2 heterocycles. The lowest BCUT2D eigenvalue weighted by Crippen LogP contribution is -2.46. The van der Waals surface area contributed by atoms with Gasteiger partial charge in [0.1, 0.15) is 0 Å². The van der Waals surface area contributed by atoms with Crippen molar-refractivity contribution in [2.45, 2.75) is 69.6 Å². The summed E-state index contributed by atoms with van der Waals surface area (Å²) in [6.45, 7) is 0.749. The van der Waals surface area contributed by atoms with Gasteiger partial charge >= 0.3 is 6.03 Å². The Kier molecular flexibility index (Phi) is 4.06. The van der Waals surface area contributed by atoms with E-state index in [2.05, 4.69) is 16.7 Å². The molecular formula is C15H24N2O2. The molecule has 0 unspecified atom stereocenters. The summed E-state index contributed by atoms with van der Waals surface area (Å²) in [5.41, 5.74) is 1.51. The Morgan fingerprint density at radius 3 is 3.00 bits per heavy atom. The lowest BCUT2D eigenvalue weighted by atomic mass is 9.96. The first-order valence-electron chi connectivity index (χ1n) is 7.69. The highest BCUT2D eigenvalue weighted by molar-refractivity contribution is 5.74. The highest BCUT2D eigenvalue weighted by atomic mass is 16.5. The van der Waals surface area contributed by atoms with Crippen molar-refractivity contribution in [3.63, 3.8) is 0 Å². The minimum atomic E-state index is -0.0300. The Morgan fingerprint density at radius 2 is 2.32 bits per heavy atom. The van der Waals surface area contributed by atoms with E-state index >= 15 is 0 Å². The number of hydrogen-bond acceptors (Lipinski definition) is 2. The monoisotopic (exact) mass is 264 g/mol. The minimum absolute atomic E-state index is 0.0300. The van der Waals surface area contributed by atoms with Gasteiger partial charge in [-0.25, -0.2) is 4.79 Å². The summed E-state index contributed by atoms with van der Waals surface area (Å²) in [5.74, 6) is 0. The lowest BCUT2D eigenvalue weighted by Gasteiger charge is -2.20. The summed E-state index contributed by atoms with van der Waals surface area (Å²) < 4.78 is 5.73. The number of fused-ring (bicyclic) bond motifs is 2. The molecule has 0 aromatic rings. The molecule has 3 rings (SSSR count). The van der Waals surface area contributed by atoms with Gasteiger partial charge in [0.2, 0.25) is 0 Å². The first-order valence-corrected chi connectivity index (χ1v) is 7.69. The zero-order valence-electron chi connectivity index (χ0n) is 11.5. The van der Waals surface area contributed by atoms with Crippen molar-refractivity contribution < 1.29 is 9.53 Å². The zero-order valence-corrected chi connectivity index (χ0v) is 11.5. The topological polar surface area (TPSA) is 50.4 Å². The highest BCUT2D eigenvalue weighted by Crippen LogP contribution is 2.34. The second kappa shape index (κ2) is 5.95. The maximum absolute atomic E-state index is 11.8. The highest BCUT2D eigenvalue weighted by Gasteiger charge is 2.41. The fraction of sp³-hybridized carbons (Fsp3) is 0.800. The van der Waals surface area contributed by atoms with Crippen LogP contribution in [-0.4, -0.2) is 30.8 Å². The molecule has 2 fully saturated rings. The van der Waals surface area contributed by atoms with Crippen LogP contribution in [0.2, 0.25) is 0 Å². The largest absolute Gasteiger partial charge is 0.373 e. The lowest BCUT2D eigenvalue weighted by molar-refractivity contribution is 0.0981. The Balaban J connectivity index is 1.34. The van der Waals surface area contributed by atoms with Gasteiger partial charge in [0.15, 0.2) is 0 Å². The molecule has 3 atom stereocenters. The fourth-order valence-electron chi connectivity index (χ4n) is 3.48. The van der Waals surface area contributed by atoms with E-state index in [1.807, 2.05) is 0 Å². The molecular weight excluding hydrogens is 240 g/mol. The molecule has 2 N–H and O–H groups in total. The molecule has 2 saturated heterocycles. The normalized spacial score (nSPS) is 33.1. The predicted octanol–water partition coefficient (Wildman–Crippen LogP) is 2.50. The van der Waals surface area contributed by atoms with Crippen molar-refractivity contribution >= 4 is 6.03 Å². The Labute approximate surface area is 115 Å². The molecule has 0 aromatic heterocycles. The summed E-state index contributed by atoms with van der Waals surface area (Å²) in [6.07, 6.45) is 12.3. The first-order chi connectivity index (χ1) is 9.31. The summed E-state index contributed by atoms with van der Waals surface area (Å²) in [4.78, 5) is 11.8.